The second kappa shape index (κ2) is 6.64. The summed E-state index contributed by atoms with van der Waals surface area (Å²) in [7, 11) is 0. The van der Waals surface area contributed by atoms with Crippen molar-refractivity contribution < 1.29 is 14.1 Å². The van der Waals surface area contributed by atoms with Crippen LogP contribution in [0.25, 0.3) is 0 Å². The predicted octanol–water partition coefficient (Wildman–Crippen LogP) is 2.92. The van der Waals surface area contributed by atoms with Crippen molar-refractivity contribution in [3.05, 3.63) is 52.9 Å². The van der Waals surface area contributed by atoms with Crippen LogP contribution in [-0.4, -0.2) is 29.8 Å². The lowest BCUT2D eigenvalue weighted by molar-refractivity contribution is -0.0528. The molecule has 25 heavy (non-hydrogen) atoms. The molecule has 0 bridgehead atoms. The van der Waals surface area contributed by atoms with Crippen molar-refractivity contribution in [1.82, 2.24) is 10.5 Å². The third kappa shape index (κ3) is 2.86. The van der Waals surface area contributed by atoms with Gasteiger partial charge in [0, 0.05) is 24.5 Å². The smallest absolute Gasteiger partial charge is 0.257 e. The zero-order valence-electron chi connectivity index (χ0n) is 14.7. The van der Waals surface area contributed by atoms with E-state index in [0.29, 0.717) is 29.6 Å². The lowest BCUT2D eigenvalue weighted by Gasteiger charge is -2.48. The molecule has 2 heterocycles. The van der Waals surface area contributed by atoms with E-state index in [1.165, 1.54) is 5.56 Å². The molecule has 1 aliphatic heterocycles. The molecule has 1 aromatic heterocycles. The molecule has 1 aromatic carbocycles. The van der Waals surface area contributed by atoms with Crippen molar-refractivity contribution in [2.45, 2.75) is 45.3 Å². The van der Waals surface area contributed by atoms with Gasteiger partial charge >= 0.3 is 0 Å². The van der Waals surface area contributed by atoms with Crippen LogP contribution in [0.4, 0.5) is 0 Å². The number of hydrogen-bond donors (Lipinski definition) is 1. The van der Waals surface area contributed by atoms with Crippen LogP contribution in [0.15, 0.2) is 34.9 Å². The molecule has 2 aliphatic rings. The molecule has 4 atom stereocenters. The van der Waals surface area contributed by atoms with Crippen LogP contribution < -0.4 is 5.32 Å². The Balaban J connectivity index is 1.51. The van der Waals surface area contributed by atoms with E-state index >= 15 is 0 Å². The summed E-state index contributed by atoms with van der Waals surface area (Å²) in [5.74, 6) is 1.27. The van der Waals surface area contributed by atoms with Gasteiger partial charge in [0.25, 0.3) is 5.91 Å². The fourth-order valence-corrected chi connectivity index (χ4v) is 4.35. The molecule has 1 saturated heterocycles. The lowest BCUT2D eigenvalue weighted by atomic mass is 9.64. The first-order chi connectivity index (χ1) is 12.2. The van der Waals surface area contributed by atoms with Gasteiger partial charge in [-0.05, 0) is 31.7 Å². The van der Waals surface area contributed by atoms with Gasteiger partial charge in [0.2, 0.25) is 0 Å². The number of carbonyl (C=O) groups is 1. The van der Waals surface area contributed by atoms with Crippen LogP contribution in [0.3, 0.4) is 0 Å². The number of hydrogen-bond acceptors (Lipinski definition) is 4. The van der Waals surface area contributed by atoms with Gasteiger partial charge in [-0.2, -0.15) is 0 Å². The number of amides is 1. The number of nitrogens with zero attached hydrogens (tertiary/aromatic N) is 1. The minimum absolute atomic E-state index is 0.0657. The minimum Gasteiger partial charge on any atom is -0.377 e. The van der Waals surface area contributed by atoms with Crippen LogP contribution >= 0.6 is 0 Å². The average molecular weight is 340 g/mol. The molecule has 132 valence electrons. The van der Waals surface area contributed by atoms with Gasteiger partial charge in [-0.15, -0.1) is 0 Å². The van der Waals surface area contributed by atoms with E-state index in [9.17, 15) is 4.79 Å². The predicted molar refractivity (Wildman–Crippen MR) is 93.4 cm³/mol. The number of fused-ring (bicyclic) bond motifs is 1. The van der Waals surface area contributed by atoms with Gasteiger partial charge in [-0.3, -0.25) is 4.79 Å². The van der Waals surface area contributed by atoms with Crippen molar-refractivity contribution in [2.75, 3.05) is 6.61 Å². The van der Waals surface area contributed by atoms with Crippen LogP contribution in [0, 0.1) is 18.8 Å². The molecule has 5 nitrogen and oxygen atoms in total. The highest BCUT2D eigenvalue weighted by Gasteiger charge is 2.54. The summed E-state index contributed by atoms with van der Waals surface area (Å²) < 4.78 is 11.1. The molecule has 0 unspecified atom stereocenters. The third-order valence-electron chi connectivity index (χ3n) is 5.64. The van der Waals surface area contributed by atoms with Gasteiger partial charge in [0.1, 0.15) is 11.3 Å². The molecule has 0 spiro atoms. The number of nitrogens with one attached hydrogen (secondary N) is 1. The first kappa shape index (κ1) is 16.3. The number of rotatable bonds is 5. The van der Waals surface area contributed by atoms with E-state index < -0.39 is 0 Å². The van der Waals surface area contributed by atoms with Crippen LogP contribution in [-0.2, 0) is 17.6 Å². The fraction of sp³-hybridized carbons (Fsp3) is 0.500. The summed E-state index contributed by atoms with van der Waals surface area (Å²) in [4.78, 5) is 12.8. The minimum atomic E-state index is -0.0657. The summed E-state index contributed by atoms with van der Waals surface area (Å²) in [6.07, 6.45) is 2.90. The Kier molecular flexibility index (Phi) is 4.34. The zero-order chi connectivity index (χ0) is 17.4. The van der Waals surface area contributed by atoms with Gasteiger partial charge in [-0.1, -0.05) is 42.4 Å². The van der Waals surface area contributed by atoms with Gasteiger partial charge < -0.3 is 14.6 Å². The van der Waals surface area contributed by atoms with Crippen LogP contribution in [0.2, 0.25) is 0 Å². The maximum absolute atomic E-state index is 12.8. The molecule has 2 fully saturated rings. The van der Waals surface area contributed by atoms with Gasteiger partial charge in [0.15, 0.2) is 0 Å². The van der Waals surface area contributed by atoms with Crippen molar-refractivity contribution >= 4 is 5.91 Å². The third-order valence-corrected chi connectivity index (χ3v) is 5.64. The molecular formula is C20H24N2O3. The van der Waals surface area contributed by atoms with E-state index in [1.54, 1.807) is 6.92 Å². The molecular weight excluding hydrogens is 316 g/mol. The zero-order valence-corrected chi connectivity index (χ0v) is 14.7. The Morgan fingerprint density at radius 1 is 1.32 bits per heavy atom. The molecule has 5 heteroatoms. The van der Waals surface area contributed by atoms with Gasteiger partial charge in [-0.25, -0.2) is 0 Å². The van der Waals surface area contributed by atoms with Crippen molar-refractivity contribution in [2.24, 2.45) is 11.8 Å². The quantitative estimate of drug-likeness (QED) is 0.909. The maximum atomic E-state index is 12.8. The van der Waals surface area contributed by atoms with Crippen LogP contribution in [0.5, 0.6) is 0 Å². The average Bonchev–Trinajstić information content (AvgIpc) is 3.22. The Morgan fingerprint density at radius 2 is 2.12 bits per heavy atom. The van der Waals surface area contributed by atoms with Crippen molar-refractivity contribution in [3.8, 4) is 0 Å². The Labute approximate surface area is 147 Å². The highest BCUT2D eigenvalue weighted by atomic mass is 16.5. The summed E-state index contributed by atoms with van der Waals surface area (Å²) in [6.45, 7) is 4.57. The largest absolute Gasteiger partial charge is 0.377 e. The molecule has 1 saturated carbocycles. The maximum Gasteiger partial charge on any atom is 0.257 e. The van der Waals surface area contributed by atoms with E-state index in [4.69, 9.17) is 9.26 Å². The summed E-state index contributed by atoms with van der Waals surface area (Å²) in [5, 5.41) is 7.26. The Hall–Kier alpha value is -2.14. The first-order valence-corrected chi connectivity index (χ1v) is 9.10. The first-order valence-electron chi connectivity index (χ1n) is 9.10. The SMILES string of the molecule is CCc1noc(C)c1C(=O)N[C@@H]1[C@H]2CCO[C@H]2[C@H]1Cc1ccccc1. The van der Waals surface area contributed by atoms with E-state index in [2.05, 4.69) is 34.7 Å². The van der Waals surface area contributed by atoms with Crippen molar-refractivity contribution in [1.29, 1.82) is 0 Å². The Morgan fingerprint density at radius 3 is 2.88 bits per heavy atom. The molecule has 1 amide bonds. The topological polar surface area (TPSA) is 64.4 Å². The monoisotopic (exact) mass is 340 g/mol. The molecule has 0 radical (unpaired) electrons. The molecule has 1 N–H and O–H groups in total. The summed E-state index contributed by atoms with van der Waals surface area (Å²) >= 11 is 0. The van der Waals surface area contributed by atoms with Crippen molar-refractivity contribution in [3.63, 3.8) is 0 Å². The number of benzene rings is 1. The highest BCUT2D eigenvalue weighted by molar-refractivity contribution is 5.96. The second-order valence-electron chi connectivity index (χ2n) is 7.05. The van der Waals surface area contributed by atoms with Gasteiger partial charge in [0.05, 0.1) is 11.8 Å². The lowest BCUT2D eigenvalue weighted by Crippen LogP contribution is -2.62. The Bertz CT molecular complexity index is 756. The normalized spacial score (nSPS) is 27.6. The number of aromatic nitrogens is 1. The highest BCUT2D eigenvalue weighted by Crippen LogP contribution is 2.45. The fourth-order valence-electron chi connectivity index (χ4n) is 4.35. The number of aryl methyl sites for hydroxylation is 2. The molecule has 2 aromatic rings. The number of carbonyl (C=O) groups excluding carboxylic acids is 1. The second-order valence-corrected chi connectivity index (χ2v) is 7.05. The van der Waals surface area contributed by atoms with E-state index in [1.807, 2.05) is 13.0 Å². The van der Waals surface area contributed by atoms with E-state index in [0.717, 1.165) is 25.1 Å². The molecule has 4 rings (SSSR count). The van der Waals surface area contributed by atoms with Crippen LogP contribution in [0.1, 0.15) is 40.7 Å². The molecule has 1 aliphatic carbocycles. The standard InChI is InChI=1S/C20H24N2O3/c1-3-16-17(12(2)25-22-16)20(23)21-18-14-9-10-24-19(14)15(18)11-13-7-5-4-6-8-13/h4-8,14-15,18-19H,3,9-11H2,1-2H3,(H,21,23)/t14-,15+,18-,19-/m1/s1. The number of ether oxygens (including phenoxy) is 1. The summed E-state index contributed by atoms with van der Waals surface area (Å²) in [6, 6.07) is 10.6. The summed E-state index contributed by atoms with van der Waals surface area (Å²) in [5.41, 5.74) is 2.62. The van der Waals surface area contributed by atoms with E-state index in [-0.39, 0.29) is 18.1 Å².